The van der Waals surface area contributed by atoms with E-state index in [1.807, 2.05) is 6.07 Å². The summed E-state index contributed by atoms with van der Waals surface area (Å²) >= 11 is 0. The molecule has 1 aliphatic carbocycles. The number of anilines is 1. The highest BCUT2D eigenvalue weighted by Crippen LogP contribution is 2.28. The van der Waals surface area contributed by atoms with Crippen LogP contribution in [-0.2, 0) is 4.74 Å². The molecule has 0 atom stereocenters. The second-order valence-corrected chi connectivity index (χ2v) is 4.77. The van der Waals surface area contributed by atoms with Crippen LogP contribution in [0.1, 0.15) is 31.2 Å². The van der Waals surface area contributed by atoms with Gasteiger partial charge in [0.2, 0.25) is 0 Å². The van der Waals surface area contributed by atoms with E-state index in [4.69, 9.17) is 10.00 Å². The summed E-state index contributed by atoms with van der Waals surface area (Å²) in [5, 5.41) is 22.9. The molecule has 0 radical (unpaired) electrons. The zero-order valence-electron chi connectivity index (χ0n) is 11.2. The fourth-order valence-corrected chi connectivity index (χ4v) is 2.44. The second kappa shape index (κ2) is 6.87. The molecule has 1 aromatic rings. The first-order chi connectivity index (χ1) is 9.72. The van der Waals surface area contributed by atoms with E-state index in [2.05, 4.69) is 5.32 Å². The van der Waals surface area contributed by atoms with Crippen molar-refractivity contribution in [2.75, 3.05) is 18.5 Å². The molecule has 0 aromatic heterocycles. The van der Waals surface area contributed by atoms with Crippen LogP contribution in [0.3, 0.4) is 0 Å². The minimum Gasteiger partial charge on any atom is -0.377 e. The molecule has 0 bridgehead atoms. The van der Waals surface area contributed by atoms with Crippen LogP contribution in [0.25, 0.3) is 0 Å². The summed E-state index contributed by atoms with van der Waals surface area (Å²) in [4.78, 5) is 10.5. The van der Waals surface area contributed by atoms with Gasteiger partial charge in [-0.1, -0.05) is 18.9 Å². The molecule has 0 saturated heterocycles. The highest BCUT2D eigenvalue weighted by molar-refractivity contribution is 5.68. The van der Waals surface area contributed by atoms with Gasteiger partial charge in [0.05, 0.1) is 17.6 Å². The Morgan fingerprint density at radius 3 is 2.85 bits per heavy atom. The summed E-state index contributed by atoms with van der Waals surface area (Å²) < 4.78 is 5.68. The molecule has 1 aromatic carbocycles. The molecular weight excluding hydrogens is 258 g/mol. The molecule has 1 fully saturated rings. The molecule has 6 heteroatoms. The highest BCUT2D eigenvalue weighted by Gasteiger charge is 2.19. The number of hydrogen-bond acceptors (Lipinski definition) is 5. The minimum atomic E-state index is -0.529. The van der Waals surface area contributed by atoms with Crippen LogP contribution >= 0.6 is 0 Å². The lowest BCUT2D eigenvalue weighted by molar-refractivity contribution is -0.384. The largest absolute Gasteiger partial charge is 0.377 e. The predicted octanol–water partition coefficient (Wildman–Crippen LogP) is 2.84. The van der Waals surface area contributed by atoms with Crippen molar-refractivity contribution in [2.24, 2.45) is 0 Å². The standard InChI is InChI=1S/C14H17N3O3/c15-10-11-4-3-7-13(14(11)17(18)19)16-8-9-20-12-5-1-2-6-12/h3-4,7,12,16H,1-2,5-6,8-9H2. The molecule has 1 saturated carbocycles. The number of nitrogens with zero attached hydrogens (tertiary/aromatic N) is 2. The van der Waals surface area contributed by atoms with Crippen LogP contribution in [0.4, 0.5) is 11.4 Å². The molecule has 0 spiro atoms. The number of nitro groups is 1. The van der Waals surface area contributed by atoms with Crippen molar-refractivity contribution < 1.29 is 9.66 Å². The normalized spacial score (nSPS) is 14.9. The smallest absolute Gasteiger partial charge is 0.309 e. The number of nitriles is 1. The molecule has 20 heavy (non-hydrogen) atoms. The monoisotopic (exact) mass is 275 g/mol. The Morgan fingerprint density at radius 1 is 1.45 bits per heavy atom. The molecule has 0 amide bonds. The number of hydrogen-bond donors (Lipinski definition) is 1. The Bertz CT molecular complexity index is 519. The molecular formula is C14H17N3O3. The van der Waals surface area contributed by atoms with Crippen molar-refractivity contribution in [1.82, 2.24) is 0 Å². The van der Waals surface area contributed by atoms with Crippen molar-refractivity contribution in [3.63, 3.8) is 0 Å². The summed E-state index contributed by atoms with van der Waals surface area (Å²) in [6.45, 7) is 1.00. The summed E-state index contributed by atoms with van der Waals surface area (Å²) in [5.41, 5.74) is 0.261. The first kappa shape index (κ1) is 14.3. The lowest BCUT2D eigenvalue weighted by Crippen LogP contribution is -2.16. The number of para-hydroxylation sites is 1. The van der Waals surface area contributed by atoms with Crippen molar-refractivity contribution in [3.8, 4) is 6.07 Å². The van der Waals surface area contributed by atoms with E-state index >= 15 is 0 Å². The van der Waals surface area contributed by atoms with Crippen molar-refractivity contribution in [3.05, 3.63) is 33.9 Å². The zero-order valence-corrected chi connectivity index (χ0v) is 11.2. The van der Waals surface area contributed by atoms with Crippen molar-refractivity contribution in [2.45, 2.75) is 31.8 Å². The summed E-state index contributed by atoms with van der Waals surface area (Å²) in [6, 6.07) is 6.52. The lowest BCUT2D eigenvalue weighted by atomic mass is 10.1. The minimum absolute atomic E-state index is 0.0664. The summed E-state index contributed by atoms with van der Waals surface area (Å²) in [6.07, 6.45) is 4.97. The molecule has 2 rings (SSSR count). The van der Waals surface area contributed by atoms with Gasteiger partial charge in [-0.05, 0) is 25.0 Å². The average molecular weight is 275 g/mol. The van der Waals surface area contributed by atoms with E-state index < -0.39 is 4.92 Å². The zero-order chi connectivity index (χ0) is 14.4. The predicted molar refractivity (Wildman–Crippen MR) is 74.5 cm³/mol. The SMILES string of the molecule is N#Cc1cccc(NCCOC2CCCC2)c1[N+](=O)[O-]. The number of nitro benzene ring substituents is 1. The van der Waals surface area contributed by atoms with Gasteiger partial charge >= 0.3 is 5.69 Å². The Morgan fingerprint density at radius 2 is 2.20 bits per heavy atom. The topological polar surface area (TPSA) is 88.2 Å². The van der Waals surface area contributed by atoms with E-state index in [0.29, 0.717) is 24.9 Å². The highest BCUT2D eigenvalue weighted by atomic mass is 16.6. The maximum absolute atomic E-state index is 11.0. The Balaban J connectivity index is 1.92. The Hall–Kier alpha value is -2.13. The average Bonchev–Trinajstić information content (AvgIpc) is 2.96. The van der Waals surface area contributed by atoms with Gasteiger partial charge in [-0.2, -0.15) is 5.26 Å². The van der Waals surface area contributed by atoms with Gasteiger partial charge in [0, 0.05) is 6.54 Å². The number of nitrogens with one attached hydrogen (secondary N) is 1. The Labute approximate surface area is 117 Å². The molecule has 1 aliphatic rings. The fraction of sp³-hybridized carbons (Fsp3) is 0.500. The number of ether oxygens (including phenoxy) is 1. The van der Waals surface area contributed by atoms with Crippen LogP contribution in [0, 0.1) is 21.4 Å². The van der Waals surface area contributed by atoms with Crippen LogP contribution in [-0.4, -0.2) is 24.2 Å². The van der Waals surface area contributed by atoms with E-state index in [1.54, 1.807) is 12.1 Å². The first-order valence-corrected chi connectivity index (χ1v) is 6.75. The summed E-state index contributed by atoms with van der Waals surface area (Å²) in [7, 11) is 0. The quantitative estimate of drug-likeness (QED) is 0.490. The van der Waals surface area contributed by atoms with Crippen LogP contribution in [0.5, 0.6) is 0 Å². The third-order valence-electron chi connectivity index (χ3n) is 3.41. The lowest BCUT2D eigenvalue weighted by Gasteiger charge is -2.12. The number of benzene rings is 1. The summed E-state index contributed by atoms with van der Waals surface area (Å²) in [5.74, 6) is 0. The molecule has 1 N–H and O–H groups in total. The fourth-order valence-electron chi connectivity index (χ4n) is 2.44. The van der Waals surface area contributed by atoms with Gasteiger partial charge in [-0.3, -0.25) is 10.1 Å². The second-order valence-electron chi connectivity index (χ2n) is 4.77. The maximum Gasteiger partial charge on any atom is 0.309 e. The van der Waals surface area contributed by atoms with Gasteiger partial charge in [0.1, 0.15) is 17.3 Å². The van der Waals surface area contributed by atoms with Crippen molar-refractivity contribution in [1.29, 1.82) is 5.26 Å². The van der Waals surface area contributed by atoms with Gasteiger partial charge < -0.3 is 10.1 Å². The van der Waals surface area contributed by atoms with Gasteiger partial charge in [0.25, 0.3) is 0 Å². The van der Waals surface area contributed by atoms with Gasteiger partial charge in [-0.15, -0.1) is 0 Å². The first-order valence-electron chi connectivity index (χ1n) is 6.75. The van der Waals surface area contributed by atoms with Gasteiger partial charge in [-0.25, -0.2) is 0 Å². The van der Waals surface area contributed by atoms with E-state index in [-0.39, 0.29) is 11.3 Å². The Kier molecular flexibility index (Phi) is 4.91. The maximum atomic E-state index is 11.0. The molecule has 6 nitrogen and oxygen atoms in total. The van der Waals surface area contributed by atoms with Gasteiger partial charge in [0.15, 0.2) is 0 Å². The van der Waals surface area contributed by atoms with Crippen LogP contribution in [0.2, 0.25) is 0 Å². The van der Waals surface area contributed by atoms with E-state index in [0.717, 1.165) is 12.8 Å². The molecule has 106 valence electrons. The van der Waals surface area contributed by atoms with E-state index in [1.165, 1.54) is 18.9 Å². The third kappa shape index (κ3) is 3.45. The molecule has 0 aliphatic heterocycles. The third-order valence-corrected chi connectivity index (χ3v) is 3.41. The van der Waals surface area contributed by atoms with Crippen molar-refractivity contribution >= 4 is 11.4 Å². The van der Waals surface area contributed by atoms with E-state index in [9.17, 15) is 10.1 Å². The van der Waals surface area contributed by atoms with Crippen LogP contribution < -0.4 is 5.32 Å². The number of rotatable bonds is 6. The van der Waals surface area contributed by atoms with Crippen LogP contribution in [0.15, 0.2) is 18.2 Å². The molecule has 0 heterocycles. The molecule has 0 unspecified atom stereocenters.